The zero-order valence-electron chi connectivity index (χ0n) is 14.2. The number of aromatic nitrogens is 4. The van der Waals surface area contributed by atoms with Crippen LogP contribution in [0.4, 0.5) is 17.6 Å². The molecule has 0 spiro atoms. The molecule has 0 aliphatic carbocycles. The molecule has 26 heavy (non-hydrogen) atoms. The van der Waals surface area contributed by atoms with E-state index in [2.05, 4.69) is 30.8 Å². The summed E-state index contributed by atoms with van der Waals surface area (Å²) in [6.45, 7) is 0.617. The van der Waals surface area contributed by atoms with Gasteiger partial charge >= 0.3 is 0 Å². The fraction of sp³-hybridized carbons (Fsp3) is 0.105. The molecule has 0 amide bonds. The fourth-order valence-corrected chi connectivity index (χ4v) is 2.63. The van der Waals surface area contributed by atoms with Gasteiger partial charge in [0.1, 0.15) is 17.4 Å². The third kappa shape index (κ3) is 3.41. The highest BCUT2D eigenvalue weighted by Gasteiger charge is 2.08. The van der Waals surface area contributed by atoms with Gasteiger partial charge in [-0.15, -0.1) is 0 Å². The minimum atomic E-state index is 0.557. The summed E-state index contributed by atoms with van der Waals surface area (Å²) in [6, 6.07) is 17.6. The van der Waals surface area contributed by atoms with Gasteiger partial charge in [0.15, 0.2) is 0 Å². The van der Waals surface area contributed by atoms with E-state index in [-0.39, 0.29) is 0 Å². The lowest BCUT2D eigenvalue weighted by molar-refractivity contribution is 0.414. The summed E-state index contributed by atoms with van der Waals surface area (Å²) < 4.78 is 5.18. The first kappa shape index (κ1) is 15.9. The first-order valence-electron chi connectivity index (χ1n) is 8.22. The SMILES string of the molecule is COc1ccc(CNc2nc(Nc3ccn[nH]3)c3ccccc3n2)cc1. The molecule has 2 aromatic carbocycles. The number of para-hydroxylation sites is 1. The van der Waals surface area contributed by atoms with Crippen LogP contribution in [0.5, 0.6) is 5.75 Å². The molecule has 0 radical (unpaired) electrons. The maximum absolute atomic E-state index is 5.18. The van der Waals surface area contributed by atoms with E-state index in [1.54, 1.807) is 13.3 Å². The summed E-state index contributed by atoms with van der Waals surface area (Å²) in [7, 11) is 1.66. The number of nitrogens with zero attached hydrogens (tertiary/aromatic N) is 3. The lowest BCUT2D eigenvalue weighted by Gasteiger charge is -2.11. The van der Waals surface area contributed by atoms with Gasteiger partial charge in [-0.3, -0.25) is 5.10 Å². The molecule has 7 heteroatoms. The molecule has 2 aromatic heterocycles. The Morgan fingerprint density at radius 2 is 1.85 bits per heavy atom. The number of aromatic amines is 1. The van der Waals surface area contributed by atoms with Gasteiger partial charge in [0.05, 0.1) is 18.8 Å². The Morgan fingerprint density at radius 1 is 1.00 bits per heavy atom. The number of benzene rings is 2. The standard InChI is InChI=1S/C19H18N6O/c1-26-14-8-6-13(7-9-14)12-20-19-22-16-5-3-2-4-15(16)18(24-19)23-17-10-11-21-25-17/h2-11H,12H2,1H3,(H3,20,21,22,23,24,25). The van der Waals surface area contributed by atoms with Crippen molar-refractivity contribution in [2.24, 2.45) is 0 Å². The first-order valence-corrected chi connectivity index (χ1v) is 8.22. The van der Waals surface area contributed by atoms with Gasteiger partial charge in [-0.1, -0.05) is 24.3 Å². The van der Waals surface area contributed by atoms with E-state index in [1.165, 1.54) is 0 Å². The highest BCUT2D eigenvalue weighted by atomic mass is 16.5. The second kappa shape index (κ2) is 7.10. The van der Waals surface area contributed by atoms with Crippen molar-refractivity contribution in [2.75, 3.05) is 17.7 Å². The fourth-order valence-electron chi connectivity index (χ4n) is 2.63. The number of nitrogens with one attached hydrogen (secondary N) is 3. The number of anilines is 3. The minimum absolute atomic E-state index is 0.557. The van der Waals surface area contributed by atoms with Gasteiger partial charge in [-0.05, 0) is 29.8 Å². The van der Waals surface area contributed by atoms with Crippen molar-refractivity contribution in [3.05, 3.63) is 66.4 Å². The van der Waals surface area contributed by atoms with Crippen molar-refractivity contribution in [1.29, 1.82) is 0 Å². The molecule has 2 heterocycles. The number of ether oxygens (including phenoxy) is 1. The van der Waals surface area contributed by atoms with Crippen molar-refractivity contribution >= 4 is 28.5 Å². The molecule has 0 saturated heterocycles. The largest absolute Gasteiger partial charge is 0.497 e. The van der Waals surface area contributed by atoms with Crippen molar-refractivity contribution in [2.45, 2.75) is 6.54 Å². The molecule has 0 aliphatic rings. The number of fused-ring (bicyclic) bond motifs is 1. The molecule has 7 nitrogen and oxygen atoms in total. The van der Waals surface area contributed by atoms with E-state index in [1.807, 2.05) is 54.6 Å². The maximum Gasteiger partial charge on any atom is 0.225 e. The Morgan fingerprint density at radius 3 is 2.62 bits per heavy atom. The van der Waals surface area contributed by atoms with Crippen LogP contribution in [0.15, 0.2) is 60.8 Å². The van der Waals surface area contributed by atoms with Crippen LogP contribution in [0.3, 0.4) is 0 Å². The topological polar surface area (TPSA) is 87.8 Å². The smallest absolute Gasteiger partial charge is 0.225 e. The molecular weight excluding hydrogens is 328 g/mol. The Hall–Kier alpha value is -3.61. The van der Waals surface area contributed by atoms with Crippen LogP contribution in [0, 0.1) is 0 Å². The molecule has 0 bridgehead atoms. The van der Waals surface area contributed by atoms with Crippen LogP contribution in [-0.4, -0.2) is 27.3 Å². The quantitative estimate of drug-likeness (QED) is 0.493. The van der Waals surface area contributed by atoms with Crippen LogP contribution in [-0.2, 0) is 6.54 Å². The lowest BCUT2D eigenvalue weighted by Crippen LogP contribution is -2.06. The van der Waals surface area contributed by atoms with Crippen LogP contribution in [0.2, 0.25) is 0 Å². The van der Waals surface area contributed by atoms with Crippen LogP contribution < -0.4 is 15.4 Å². The molecule has 0 atom stereocenters. The third-order valence-corrected chi connectivity index (χ3v) is 3.97. The molecular formula is C19H18N6O. The molecule has 130 valence electrons. The van der Waals surface area contributed by atoms with Gasteiger partial charge in [-0.2, -0.15) is 10.1 Å². The molecule has 0 aliphatic heterocycles. The molecule has 3 N–H and O–H groups in total. The summed E-state index contributed by atoms with van der Waals surface area (Å²) >= 11 is 0. The average molecular weight is 346 g/mol. The number of hydrogen-bond acceptors (Lipinski definition) is 6. The van der Waals surface area contributed by atoms with E-state index < -0.39 is 0 Å². The first-order chi connectivity index (χ1) is 12.8. The maximum atomic E-state index is 5.18. The van der Waals surface area contributed by atoms with Crippen molar-refractivity contribution in [1.82, 2.24) is 20.2 Å². The van der Waals surface area contributed by atoms with E-state index in [0.29, 0.717) is 12.5 Å². The number of rotatable bonds is 6. The Bertz CT molecular complexity index is 998. The molecule has 4 rings (SSSR count). The lowest BCUT2D eigenvalue weighted by atomic mass is 10.2. The zero-order chi connectivity index (χ0) is 17.8. The third-order valence-electron chi connectivity index (χ3n) is 3.97. The highest BCUT2D eigenvalue weighted by Crippen LogP contribution is 2.24. The summed E-state index contributed by atoms with van der Waals surface area (Å²) in [5.74, 6) is 2.88. The van der Waals surface area contributed by atoms with Gasteiger partial charge in [0.2, 0.25) is 5.95 Å². The molecule has 0 fully saturated rings. The molecule has 0 unspecified atom stereocenters. The van der Waals surface area contributed by atoms with Gasteiger partial charge in [0, 0.05) is 18.0 Å². The summed E-state index contributed by atoms with van der Waals surface area (Å²) in [4.78, 5) is 9.22. The van der Waals surface area contributed by atoms with Crippen LogP contribution >= 0.6 is 0 Å². The average Bonchev–Trinajstić information content (AvgIpc) is 3.20. The number of hydrogen-bond donors (Lipinski definition) is 3. The highest BCUT2D eigenvalue weighted by molar-refractivity contribution is 5.91. The summed E-state index contributed by atoms with van der Waals surface area (Å²) in [5.41, 5.74) is 1.98. The van der Waals surface area contributed by atoms with E-state index in [9.17, 15) is 0 Å². The summed E-state index contributed by atoms with van der Waals surface area (Å²) in [6.07, 6.45) is 1.69. The molecule has 0 saturated carbocycles. The van der Waals surface area contributed by atoms with Crippen molar-refractivity contribution in [3.8, 4) is 5.75 Å². The Labute approximate surface area is 150 Å². The Balaban J connectivity index is 1.60. The summed E-state index contributed by atoms with van der Waals surface area (Å²) in [5, 5.41) is 14.3. The van der Waals surface area contributed by atoms with Gasteiger partial charge in [-0.25, -0.2) is 4.98 Å². The van der Waals surface area contributed by atoms with Crippen LogP contribution in [0.1, 0.15) is 5.56 Å². The monoisotopic (exact) mass is 346 g/mol. The van der Waals surface area contributed by atoms with Crippen molar-refractivity contribution < 1.29 is 4.74 Å². The predicted octanol–water partition coefficient (Wildman–Crippen LogP) is 3.72. The second-order valence-electron chi connectivity index (χ2n) is 5.71. The predicted molar refractivity (Wildman–Crippen MR) is 102 cm³/mol. The van der Waals surface area contributed by atoms with Crippen molar-refractivity contribution in [3.63, 3.8) is 0 Å². The van der Waals surface area contributed by atoms with E-state index in [4.69, 9.17) is 4.74 Å². The van der Waals surface area contributed by atoms with Gasteiger partial charge in [0.25, 0.3) is 0 Å². The number of methoxy groups -OCH3 is 1. The second-order valence-corrected chi connectivity index (χ2v) is 5.71. The van der Waals surface area contributed by atoms with Crippen LogP contribution in [0.25, 0.3) is 10.9 Å². The number of H-pyrrole nitrogens is 1. The molecule has 4 aromatic rings. The minimum Gasteiger partial charge on any atom is -0.497 e. The zero-order valence-corrected chi connectivity index (χ0v) is 14.2. The normalized spacial score (nSPS) is 10.7. The van der Waals surface area contributed by atoms with E-state index >= 15 is 0 Å². The van der Waals surface area contributed by atoms with E-state index in [0.717, 1.165) is 33.9 Å². The van der Waals surface area contributed by atoms with Gasteiger partial charge < -0.3 is 15.4 Å². The Kier molecular flexibility index (Phi) is 4.34.